The van der Waals surface area contributed by atoms with Crippen LogP contribution in [0, 0.1) is 0 Å². The maximum atomic E-state index is 12.6. The number of thiazole rings is 1. The molecule has 0 atom stereocenters. The molecule has 2 aromatic carbocycles. The van der Waals surface area contributed by atoms with E-state index in [4.69, 9.17) is 9.47 Å². The molecule has 156 valence electrons. The van der Waals surface area contributed by atoms with Crippen molar-refractivity contribution in [3.8, 4) is 11.5 Å². The quantitative estimate of drug-likeness (QED) is 0.479. The number of carbonyl (C=O) groups excluding carboxylic acids is 2. The summed E-state index contributed by atoms with van der Waals surface area (Å²) in [5.74, 6) is 0.575. The van der Waals surface area contributed by atoms with E-state index in [-0.39, 0.29) is 11.8 Å². The van der Waals surface area contributed by atoms with Gasteiger partial charge in [0.2, 0.25) is 0 Å². The summed E-state index contributed by atoms with van der Waals surface area (Å²) in [7, 11) is 1.54. The number of nitrogens with zero attached hydrogens (tertiary/aromatic N) is 1. The number of aromatic nitrogens is 1. The van der Waals surface area contributed by atoms with Crippen LogP contribution in [0.5, 0.6) is 11.5 Å². The lowest BCUT2D eigenvalue weighted by molar-refractivity contribution is 0.101. The van der Waals surface area contributed by atoms with E-state index in [1.807, 2.05) is 0 Å². The first-order valence-corrected chi connectivity index (χ1v) is 10.4. The minimum atomic E-state index is -0.284. The number of rotatable bonds is 9. The molecule has 0 unspecified atom stereocenters. The lowest BCUT2D eigenvalue weighted by Gasteiger charge is -2.12. The standard InChI is InChI=1S/C22H23N3O4S/c1-3-4-12-29-18-10-7-16(14-19(18)28-2)21(27)24-17-8-5-15(6-9-17)20(26)25-22-23-11-13-30-22/h5-11,13-14H,3-4,12H2,1-2H3,(H,24,27)(H,23,25,26). The van der Waals surface area contributed by atoms with Crippen LogP contribution in [-0.4, -0.2) is 30.5 Å². The summed E-state index contributed by atoms with van der Waals surface area (Å²) in [6.45, 7) is 2.69. The van der Waals surface area contributed by atoms with Crippen molar-refractivity contribution in [3.63, 3.8) is 0 Å². The zero-order chi connectivity index (χ0) is 21.3. The fourth-order valence-electron chi connectivity index (χ4n) is 2.62. The van der Waals surface area contributed by atoms with Crippen LogP contribution in [0.15, 0.2) is 54.0 Å². The third-order valence-electron chi connectivity index (χ3n) is 4.24. The van der Waals surface area contributed by atoms with Crippen molar-refractivity contribution < 1.29 is 19.1 Å². The van der Waals surface area contributed by atoms with Gasteiger partial charge in [0.15, 0.2) is 16.6 Å². The largest absolute Gasteiger partial charge is 0.493 e. The second kappa shape index (κ2) is 10.4. The maximum absolute atomic E-state index is 12.6. The predicted octanol–water partition coefficient (Wildman–Crippen LogP) is 4.84. The third-order valence-corrected chi connectivity index (χ3v) is 4.93. The average molecular weight is 426 g/mol. The molecule has 0 radical (unpaired) electrons. The second-order valence-electron chi connectivity index (χ2n) is 6.39. The second-order valence-corrected chi connectivity index (χ2v) is 7.29. The lowest BCUT2D eigenvalue weighted by atomic mass is 10.1. The average Bonchev–Trinajstić information content (AvgIpc) is 3.27. The molecule has 0 aliphatic rings. The number of amides is 2. The van der Waals surface area contributed by atoms with Gasteiger partial charge in [-0.25, -0.2) is 4.98 Å². The van der Waals surface area contributed by atoms with Gasteiger partial charge >= 0.3 is 0 Å². The van der Waals surface area contributed by atoms with Gasteiger partial charge in [-0.15, -0.1) is 11.3 Å². The van der Waals surface area contributed by atoms with E-state index in [1.165, 1.54) is 11.3 Å². The Kier molecular flexibility index (Phi) is 7.40. The summed E-state index contributed by atoms with van der Waals surface area (Å²) >= 11 is 1.35. The Bertz CT molecular complexity index is 988. The number of methoxy groups -OCH3 is 1. The fourth-order valence-corrected chi connectivity index (χ4v) is 3.14. The Hall–Kier alpha value is -3.39. The van der Waals surface area contributed by atoms with E-state index in [0.717, 1.165) is 12.8 Å². The van der Waals surface area contributed by atoms with Gasteiger partial charge in [-0.1, -0.05) is 13.3 Å². The summed E-state index contributed by atoms with van der Waals surface area (Å²) < 4.78 is 11.0. The predicted molar refractivity (Wildman–Crippen MR) is 118 cm³/mol. The highest BCUT2D eigenvalue weighted by atomic mass is 32.1. The highest BCUT2D eigenvalue weighted by Gasteiger charge is 2.13. The van der Waals surface area contributed by atoms with Gasteiger partial charge in [0.1, 0.15) is 0 Å². The summed E-state index contributed by atoms with van der Waals surface area (Å²) in [5.41, 5.74) is 1.49. The van der Waals surface area contributed by atoms with E-state index >= 15 is 0 Å². The number of hydrogen-bond donors (Lipinski definition) is 2. The van der Waals surface area contributed by atoms with E-state index < -0.39 is 0 Å². The first kappa shape index (κ1) is 21.3. The highest BCUT2D eigenvalue weighted by molar-refractivity contribution is 7.13. The maximum Gasteiger partial charge on any atom is 0.257 e. The normalized spacial score (nSPS) is 10.3. The number of anilines is 2. The van der Waals surface area contributed by atoms with Crippen molar-refractivity contribution >= 4 is 34.0 Å². The molecule has 0 aliphatic heterocycles. The van der Waals surface area contributed by atoms with Crippen molar-refractivity contribution in [2.75, 3.05) is 24.4 Å². The molecular weight excluding hydrogens is 402 g/mol. The van der Waals surface area contributed by atoms with Crippen molar-refractivity contribution in [1.82, 2.24) is 4.98 Å². The molecule has 2 amide bonds. The van der Waals surface area contributed by atoms with Crippen molar-refractivity contribution in [2.24, 2.45) is 0 Å². The Morgan fingerprint density at radius 1 is 1.00 bits per heavy atom. The lowest BCUT2D eigenvalue weighted by Crippen LogP contribution is -2.14. The molecule has 0 spiro atoms. The Morgan fingerprint density at radius 3 is 2.40 bits per heavy atom. The monoisotopic (exact) mass is 425 g/mol. The summed E-state index contributed by atoms with van der Waals surface area (Å²) in [6.07, 6.45) is 3.61. The molecule has 1 heterocycles. The van der Waals surface area contributed by atoms with Crippen LogP contribution in [0.2, 0.25) is 0 Å². The molecule has 0 saturated heterocycles. The highest BCUT2D eigenvalue weighted by Crippen LogP contribution is 2.28. The Morgan fingerprint density at radius 2 is 1.73 bits per heavy atom. The van der Waals surface area contributed by atoms with Crippen LogP contribution in [0.25, 0.3) is 0 Å². The molecule has 2 N–H and O–H groups in total. The fraction of sp³-hybridized carbons (Fsp3) is 0.227. The first-order valence-electron chi connectivity index (χ1n) is 9.53. The van der Waals surface area contributed by atoms with Crippen LogP contribution in [-0.2, 0) is 0 Å². The Balaban J connectivity index is 1.63. The minimum absolute atomic E-state index is 0.258. The van der Waals surface area contributed by atoms with Gasteiger partial charge < -0.3 is 14.8 Å². The first-order chi connectivity index (χ1) is 14.6. The van der Waals surface area contributed by atoms with Gasteiger partial charge in [0.25, 0.3) is 11.8 Å². The molecule has 8 heteroatoms. The molecule has 0 bridgehead atoms. The molecule has 3 rings (SSSR count). The molecule has 30 heavy (non-hydrogen) atoms. The molecule has 0 saturated carbocycles. The number of hydrogen-bond acceptors (Lipinski definition) is 6. The van der Waals surface area contributed by atoms with Gasteiger partial charge in [0.05, 0.1) is 13.7 Å². The summed E-state index contributed by atoms with van der Waals surface area (Å²) in [6, 6.07) is 11.7. The van der Waals surface area contributed by atoms with Crippen LogP contribution >= 0.6 is 11.3 Å². The molecule has 1 aromatic heterocycles. The van der Waals surface area contributed by atoms with Crippen molar-refractivity contribution in [3.05, 3.63) is 65.2 Å². The van der Waals surface area contributed by atoms with Crippen LogP contribution < -0.4 is 20.1 Å². The van der Waals surface area contributed by atoms with Crippen molar-refractivity contribution in [2.45, 2.75) is 19.8 Å². The number of nitrogens with one attached hydrogen (secondary N) is 2. The van der Waals surface area contributed by atoms with Gasteiger partial charge in [-0.05, 0) is 48.9 Å². The van der Waals surface area contributed by atoms with Gasteiger partial charge in [0, 0.05) is 28.4 Å². The van der Waals surface area contributed by atoms with E-state index in [2.05, 4.69) is 22.5 Å². The minimum Gasteiger partial charge on any atom is -0.493 e. The van der Waals surface area contributed by atoms with E-state index in [9.17, 15) is 9.59 Å². The van der Waals surface area contributed by atoms with Gasteiger partial charge in [-0.3, -0.25) is 14.9 Å². The summed E-state index contributed by atoms with van der Waals surface area (Å²) in [5, 5.41) is 7.85. The number of benzene rings is 2. The number of unbranched alkanes of at least 4 members (excludes halogenated alkanes) is 1. The van der Waals surface area contributed by atoms with E-state index in [0.29, 0.717) is 40.1 Å². The van der Waals surface area contributed by atoms with Crippen LogP contribution in [0.3, 0.4) is 0 Å². The van der Waals surface area contributed by atoms with Crippen molar-refractivity contribution in [1.29, 1.82) is 0 Å². The molecule has 3 aromatic rings. The van der Waals surface area contributed by atoms with Gasteiger partial charge in [-0.2, -0.15) is 0 Å². The third kappa shape index (κ3) is 5.57. The topological polar surface area (TPSA) is 89.5 Å². The van der Waals surface area contributed by atoms with Crippen LogP contribution in [0.1, 0.15) is 40.5 Å². The molecular formula is C22H23N3O4S. The molecule has 0 aliphatic carbocycles. The number of ether oxygens (including phenoxy) is 2. The zero-order valence-corrected chi connectivity index (χ0v) is 17.6. The van der Waals surface area contributed by atoms with Crippen LogP contribution in [0.4, 0.5) is 10.8 Å². The molecule has 0 fully saturated rings. The molecule has 7 nitrogen and oxygen atoms in total. The summed E-state index contributed by atoms with van der Waals surface area (Å²) in [4.78, 5) is 28.8. The number of carbonyl (C=O) groups is 2. The zero-order valence-electron chi connectivity index (χ0n) is 16.8. The smallest absolute Gasteiger partial charge is 0.257 e. The SMILES string of the molecule is CCCCOc1ccc(C(=O)Nc2ccc(C(=O)Nc3nccs3)cc2)cc1OC. The Labute approximate surface area is 179 Å². The van der Waals surface area contributed by atoms with E-state index in [1.54, 1.807) is 61.2 Å².